The molecule has 0 aromatic heterocycles. The minimum absolute atomic E-state index is 0.163. The van der Waals surface area contributed by atoms with Gasteiger partial charge in [0.1, 0.15) is 0 Å². The lowest BCUT2D eigenvalue weighted by Gasteiger charge is -2.30. The van der Waals surface area contributed by atoms with Crippen LogP contribution in [-0.2, 0) is 10.2 Å². The van der Waals surface area contributed by atoms with Crippen molar-refractivity contribution in [3.63, 3.8) is 0 Å². The highest BCUT2D eigenvalue weighted by atomic mass is 32.2. The third-order valence-corrected chi connectivity index (χ3v) is 5.54. The molecule has 1 aliphatic heterocycles. The molecule has 0 aromatic carbocycles. The van der Waals surface area contributed by atoms with Gasteiger partial charge in [0.25, 0.3) is 10.2 Å². The molecule has 0 atom stereocenters. The summed E-state index contributed by atoms with van der Waals surface area (Å²) in [7, 11) is -3.31. The molecule has 0 saturated carbocycles. The van der Waals surface area contributed by atoms with E-state index in [1.807, 2.05) is 0 Å². The lowest BCUT2D eigenvalue weighted by molar-refractivity contribution is 0.169. The minimum Gasteiger partial charge on any atom is -0.396 e. The van der Waals surface area contributed by atoms with Crippen molar-refractivity contribution >= 4 is 22.0 Å². The summed E-state index contributed by atoms with van der Waals surface area (Å²) in [6, 6.07) is 0. The molecule has 0 bridgehead atoms. The zero-order chi connectivity index (χ0) is 13.4. The van der Waals surface area contributed by atoms with Gasteiger partial charge in [-0.3, -0.25) is 0 Å². The van der Waals surface area contributed by atoms with E-state index in [9.17, 15) is 8.42 Å². The molecule has 7 heteroatoms. The van der Waals surface area contributed by atoms with Crippen molar-refractivity contribution in [3.8, 4) is 0 Å². The van der Waals surface area contributed by atoms with E-state index in [1.165, 1.54) is 4.31 Å². The van der Waals surface area contributed by atoms with Crippen molar-refractivity contribution in [1.82, 2.24) is 9.03 Å². The van der Waals surface area contributed by atoms with Crippen LogP contribution in [0.5, 0.6) is 0 Å². The normalized spacial score (nSPS) is 19.2. The average Bonchev–Trinajstić information content (AvgIpc) is 2.38. The van der Waals surface area contributed by atoms with Gasteiger partial charge in [0.15, 0.2) is 0 Å². The summed E-state index contributed by atoms with van der Waals surface area (Å²) >= 11 is 1.78. The summed E-state index contributed by atoms with van der Waals surface area (Å²) in [6.07, 6.45) is 5.48. The lowest BCUT2D eigenvalue weighted by Crippen LogP contribution is -2.45. The smallest absolute Gasteiger partial charge is 0.279 e. The van der Waals surface area contributed by atoms with Gasteiger partial charge in [0.2, 0.25) is 0 Å². The number of nitrogens with one attached hydrogen (secondary N) is 1. The lowest BCUT2D eigenvalue weighted by atomic mass is 10.00. The van der Waals surface area contributed by atoms with Crippen molar-refractivity contribution in [2.75, 3.05) is 38.2 Å². The van der Waals surface area contributed by atoms with Gasteiger partial charge in [-0.25, -0.2) is 4.72 Å². The molecule has 108 valence electrons. The monoisotopic (exact) mass is 296 g/mol. The van der Waals surface area contributed by atoms with Crippen LogP contribution in [0.25, 0.3) is 0 Å². The van der Waals surface area contributed by atoms with E-state index >= 15 is 0 Å². The Morgan fingerprint density at radius 3 is 2.56 bits per heavy atom. The van der Waals surface area contributed by atoms with Crippen LogP contribution in [0.15, 0.2) is 0 Å². The Balaban J connectivity index is 2.26. The van der Waals surface area contributed by atoms with E-state index in [0.29, 0.717) is 19.6 Å². The maximum atomic E-state index is 12.0. The third-order valence-electron chi connectivity index (χ3n) is 3.23. The second kappa shape index (κ2) is 8.37. The van der Waals surface area contributed by atoms with Crippen LogP contribution in [0, 0.1) is 5.92 Å². The van der Waals surface area contributed by atoms with E-state index in [4.69, 9.17) is 5.11 Å². The van der Waals surface area contributed by atoms with Crippen LogP contribution >= 0.6 is 11.8 Å². The molecule has 1 rings (SSSR count). The number of rotatable bonds is 8. The van der Waals surface area contributed by atoms with E-state index in [0.717, 1.165) is 31.4 Å². The topological polar surface area (TPSA) is 69.6 Å². The van der Waals surface area contributed by atoms with Crippen LogP contribution in [0.2, 0.25) is 0 Å². The molecule has 0 amide bonds. The van der Waals surface area contributed by atoms with Crippen molar-refractivity contribution in [1.29, 1.82) is 0 Å². The summed E-state index contributed by atoms with van der Waals surface area (Å²) in [6.45, 7) is 1.72. The third kappa shape index (κ3) is 5.44. The molecule has 0 unspecified atom stereocenters. The number of aliphatic hydroxyl groups is 1. The number of thioether (sulfide) groups is 1. The highest BCUT2D eigenvalue weighted by Gasteiger charge is 2.26. The molecule has 1 heterocycles. The van der Waals surface area contributed by atoms with Crippen molar-refractivity contribution in [3.05, 3.63) is 0 Å². The fourth-order valence-electron chi connectivity index (χ4n) is 2.00. The molecule has 0 spiro atoms. The van der Waals surface area contributed by atoms with E-state index < -0.39 is 10.2 Å². The van der Waals surface area contributed by atoms with Gasteiger partial charge in [-0.1, -0.05) is 0 Å². The second-order valence-corrected chi connectivity index (χ2v) is 7.37. The SMILES string of the molecule is CSCCCCNS(=O)(=O)N1CCC(CO)CC1. The number of nitrogens with zero attached hydrogens (tertiary/aromatic N) is 1. The maximum Gasteiger partial charge on any atom is 0.279 e. The van der Waals surface area contributed by atoms with Crippen LogP contribution in [0.4, 0.5) is 0 Å². The summed E-state index contributed by atoms with van der Waals surface area (Å²) in [5, 5.41) is 9.02. The molecule has 1 saturated heterocycles. The molecule has 5 nitrogen and oxygen atoms in total. The molecule has 1 aliphatic rings. The maximum absolute atomic E-state index is 12.0. The van der Waals surface area contributed by atoms with Crippen molar-refractivity contribution in [2.24, 2.45) is 5.92 Å². The summed E-state index contributed by atoms with van der Waals surface area (Å²) in [5.74, 6) is 1.34. The predicted octanol–water partition coefficient (Wildman–Crippen LogP) is 0.668. The number of aliphatic hydroxyl groups excluding tert-OH is 1. The summed E-state index contributed by atoms with van der Waals surface area (Å²) in [5.41, 5.74) is 0. The fraction of sp³-hybridized carbons (Fsp3) is 1.00. The number of hydrogen-bond donors (Lipinski definition) is 2. The van der Waals surface area contributed by atoms with Crippen LogP contribution in [0.3, 0.4) is 0 Å². The molecule has 18 heavy (non-hydrogen) atoms. The van der Waals surface area contributed by atoms with Crippen LogP contribution in [-0.4, -0.2) is 56.1 Å². The van der Waals surface area contributed by atoms with E-state index in [2.05, 4.69) is 11.0 Å². The van der Waals surface area contributed by atoms with E-state index in [1.54, 1.807) is 11.8 Å². The van der Waals surface area contributed by atoms with Gasteiger partial charge in [-0.2, -0.15) is 24.5 Å². The largest absolute Gasteiger partial charge is 0.396 e. The molecular formula is C11H24N2O3S2. The molecule has 0 aromatic rings. The molecule has 0 radical (unpaired) electrons. The Morgan fingerprint density at radius 1 is 1.33 bits per heavy atom. The first-order valence-corrected chi connectivity index (χ1v) is 9.28. The van der Waals surface area contributed by atoms with Crippen LogP contribution < -0.4 is 4.72 Å². The van der Waals surface area contributed by atoms with E-state index in [-0.39, 0.29) is 12.5 Å². The first-order valence-electron chi connectivity index (χ1n) is 6.44. The fourth-order valence-corrected chi connectivity index (χ4v) is 3.77. The zero-order valence-electron chi connectivity index (χ0n) is 11.0. The van der Waals surface area contributed by atoms with Crippen LogP contribution in [0.1, 0.15) is 25.7 Å². The highest BCUT2D eigenvalue weighted by molar-refractivity contribution is 7.98. The Bertz CT molecular complexity index is 314. The highest BCUT2D eigenvalue weighted by Crippen LogP contribution is 2.18. The van der Waals surface area contributed by atoms with Gasteiger partial charge in [0, 0.05) is 26.2 Å². The second-order valence-electron chi connectivity index (χ2n) is 4.62. The minimum atomic E-state index is -3.31. The van der Waals surface area contributed by atoms with Gasteiger partial charge < -0.3 is 5.11 Å². The van der Waals surface area contributed by atoms with Gasteiger partial charge in [-0.15, -0.1) is 0 Å². The first-order chi connectivity index (χ1) is 8.60. The number of piperidine rings is 1. The zero-order valence-corrected chi connectivity index (χ0v) is 12.6. The van der Waals surface area contributed by atoms with Crippen molar-refractivity contribution in [2.45, 2.75) is 25.7 Å². The average molecular weight is 296 g/mol. The predicted molar refractivity (Wildman–Crippen MR) is 75.9 cm³/mol. The number of hydrogen-bond acceptors (Lipinski definition) is 4. The quantitative estimate of drug-likeness (QED) is 0.646. The molecule has 0 aliphatic carbocycles. The van der Waals surface area contributed by atoms with Gasteiger partial charge in [0.05, 0.1) is 0 Å². The number of unbranched alkanes of at least 4 members (excludes halogenated alkanes) is 1. The molecule has 1 fully saturated rings. The van der Waals surface area contributed by atoms with Gasteiger partial charge in [-0.05, 0) is 43.6 Å². The molecular weight excluding hydrogens is 272 g/mol. The summed E-state index contributed by atoms with van der Waals surface area (Å²) < 4.78 is 28.1. The standard InChI is InChI=1S/C11H24N2O3S2/c1-17-9-3-2-6-12-18(15,16)13-7-4-11(10-14)5-8-13/h11-12,14H,2-10H2,1H3. The van der Waals surface area contributed by atoms with Gasteiger partial charge >= 0.3 is 0 Å². The Labute approximate surface area is 115 Å². The Hall–Kier alpha value is 0.180. The molecule has 2 N–H and O–H groups in total. The van der Waals surface area contributed by atoms with Crippen molar-refractivity contribution < 1.29 is 13.5 Å². The summed E-state index contributed by atoms with van der Waals surface area (Å²) in [4.78, 5) is 0. The Morgan fingerprint density at radius 2 is 2.00 bits per heavy atom. The first kappa shape index (κ1) is 16.2. The Kier molecular flexibility index (Phi) is 7.55.